The SMILES string of the molecule is CC(=O)OCNC(=O)C(C)(C)N[C-]=O.[Fm]. The second kappa shape index (κ2) is 5.95. The summed E-state index contributed by atoms with van der Waals surface area (Å²) in [7, 11) is 0. The Labute approximate surface area is 82.0 Å². The molecule has 0 saturated heterocycles. The van der Waals surface area contributed by atoms with E-state index in [4.69, 9.17) is 0 Å². The number of carbonyl (C=O) groups excluding carboxylic acids is 3. The van der Waals surface area contributed by atoms with E-state index in [1.54, 1.807) is 0 Å². The molecule has 0 heterocycles. The predicted molar refractivity (Wildman–Crippen MR) is 47.7 cm³/mol. The van der Waals surface area contributed by atoms with Gasteiger partial charge in [0.1, 0.15) is 0 Å². The Kier molecular flexibility index (Phi) is 5.92. The summed E-state index contributed by atoms with van der Waals surface area (Å²) in [4.78, 5) is 31.6. The van der Waals surface area contributed by atoms with Gasteiger partial charge < -0.3 is 20.2 Å². The monoisotopic (exact) mass is 458 g/mol. The molecule has 0 saturated carbocycles. The number of amides is 2. The van der Waals surface area contributed by atoms with E-state index in [1.807, 2.05) is 0 Å². The van der Waals surface area contributed by atoms with Crippen LogP contribution in [0.25, 0.3) is 0 Å². The molecule has 0 aliphatic carbocycles. The second-order valence-corrected chi connectivity index (χ2v) is 3.14. The first-order valence-electron chi connectivity index (χ1n) is 3.96. The zero-order valence-corrected chi connectivity index (χ0v) is 11.0. The van der Waals surface area contributed by atoms with E-state index in [0.717, 1.165) is 0 Å². The van der Waals surface area contributed by atoms with Gasteiger partial charge in [-0.1, -0.05) is 0 Å². The molecule has 0 aromatic carbocycles. The summed E-state index contributed by atoms with van der Waals surface area (Å²) in [6.07, 6.45) is 1.42. The van der Waals surface area contributed by atoms with E-state index in [2.05, 4.69) is 15.4 Å². The molecule has 6 nitrogen and oxygen atoms in total. The van der Waals surface area contributed by atoms with Gasteiger partial charge in [0.15, 0.2) is 6.73 Å². The summed E-state index contributed by atoms with van der Waals surface area (Å²) >= 11 is 0. The van der Waals surface area contributed by atoms with Crippen molar-refractivity contribution in [1.82, 2.24) is 10.6 Å². The molecule has 0 spiro atoms. The Morgan fingerprint density at radius 2 is 1.93 bits per heavy atom. The minimum Gasteiger partial charge on any atom is -0.520 e. The Morgan fingerprint density at radius 3 is 2.33 bits per heavy atom. The van der Waals surface area contributed by atoms with Crippen LogP contribution in [0.5, 0.6) is 0 Å². The number of rotatable bonds is 5. The summed E-state index contributed by atoms with van der Waals surface area (Å²) < 4.78 is 4.49. The zero-order chi connectivity index (χ0) is 11.2. The van der Waals surface area contributed by atoms with Gasteiger partial charge in [-0.25, -0.2) is 0 Å². The number of esters is 1. The molecule has 0 aromatic rings. The maximum atomic E-state index is 11.3. The molecule has 0 fully saturated rings. The van der Waals surface area contributed by atoms with Crippen LogP contribution < -0.4 is 10.6 Å². The molecule has 2 amide bonds. The molecule has 0 bridgehead atoms. The molecular weight excluding hydrogens is 445 g/mol. The van der Waals surface area contributed by atoms with Crippen molar-refractivity contribution in [1.29, 1.82) is 0 Å². The molecule has 0 rings (SSSR count). The van der Waals surface area contributed by atoms with Crippen molar-refractivity contribution < 1.29 is 19.1 Å². The summed E-state index contributed by atoms with van der Waals surface area (Å²) in [5, 5.41) is 4.52. The third kappa shape index (κ3) is 5.62. The van der Waals surface area contributed by atoms with Gasteiger partial charge in [0.2, 0.25) is 5.91 Å². The quantitative estimate of drug-likeness (QED) is 0.241. The fourth-order valence-corrected chi connectivity index (χ4v) is 0.609. The third-order valence-electron chi connectivity index (χ3n) is 1.44. The van der Waals surface area contributed by atoms with Crippen molar-refractivity contribution in [2.75, 3.05) is 6.73 Å². The summed E-state index contributed by atoms with van der Waals surface area (Å²) in [5.74, 6) is -0.944. The maximum absolute atomic E-state index is 11.3. The maximum Gasteiger partial charge on any atom is 0.304 e. The number of nitrogens with one attached hydrogen (secondary N) is 2. The fourth-order valence-electron chi connectivity index (χ4n) is 0.609. The number of ether oxygens (including phenoxy) is 1. The first kappa shape index (κ1) is 14.9. The molecule has 0 atom stereocenters. The van der Waals surface area contributed by atoms with Crippen LogP contribution in [0.4, 0.5) is 0 Å². The molecule has 0 aliphatic heterocycles. The van der Waals surface area contributed by atoms with Gasteiger partial charge in [-0.3, -0.25) is 9.59 Å². The molecule has 7 heteroatoms. The first-order chi connectivity index (χ1) is 6.40. The van der Waals surface area contributed by atoms with Crippen LogP contribution >= 0.6 is 0 Å². The normalized spacial score (nSPS) is 9.53. The minimum absolute atomic E-state index is 0. The van der Waals surface area contributed by atoms with Crippen molar-refractivity contribution in [2.45, 2.75) is 26.3 Å². The van der Waals surface area contributed by atoms with Crippen LogP contribution in [0.15, 0.2) is 0 Å². The summed E-state index contributed by atoms with van der Waals surface area (Å²) in [5.41, 5.74) is -1.07. The molecule has 15 heavy (non-hydrogen) atoms. The van der Waals surface area contributed by atoms with E-state index in [-0.39, 0.29) is 6.73 Å². The van der Waals surface area contributed by atoms with Gasteiger partial charge in [-0.05, 0) is 13.8 Å². The Hall–Kier alpha value is -2.59. The van der Waals surface area contributed by atoms with Crippen LogP contribution in [0.2, 0.25) is 0 Å². The van der Waals surface area contributed by atoms with Crippen LogP contribution in [0.3, 0.4) is 0 Å². The van der Waals surface area contributed by atoms with E-state index in [9.17, 15) is 14.4 Å². The zero-order valence-electron chi connectivity index (χ0n) is 8.63. The third-order valence-corrected chi connectivity index (χ3v) is 1.44. The average molecular weight is 458 g/mol. The van der Waals surface area contributed by atoms with Crippen molar-refractivity contribution in [3.8, 4) is 0 Å². The van der Waals surface area contributed by atoms with Gasteiger partial charge >= 0.3 is 5.97 Å². The summed E-state index contributed by atoms with van der Waals surface area (Å²) in [6.45, 7) is 4.02. The van der Waals surface area contributed by atoms with Crippen molar-refractivity contribution in [3.05, 3.63) is 0 Å². The predicted octanol–water partition coefficient (Wildman–Crippen LogP) is -0.941. The van der Waals surface area contributed by atoms with Crippen molar-refractivity contribution >= 4 is 18.3 Å². The number of carbonyl (C=O) groups is 2. The Balaban J connectivity index is 0. The van der Waals surface area contributed by atoms with E-state index >= 15 is 0 Å². The molecule has 0 radical (unpaired) electrons. The fraction of sp³-hybridized carbons (Fsp3) is 0.625. The van der Waals surface area contributed by atoms with Crippen LogP contribution in [0, 0.1) is 0 Å². The van der Waals surface area contributed by atoms with E-state index < -0.39 is 17.4 Å². The molecule has 0 unspecified atom stereocenters. The van der Waals surface area contributed by atoms with Crippen molar-refractivity contribution in [2.24, 2.45) is 0 Å². The van der Waals surface area contributed by atoms with Gasteiger partial charge in [-0.2, -0.15) is 6.41 Å². The molecule has 2 N–H and O–H groups in total. The standard InChI is InChI=1S/C8H13N2O4.Fm/c1-6(12)14-5-9-7(13)8(2,3)10-4-11;/h5H2,1-3H3,(H,9,13)(H,10,11);/q-1;. The molecule has 0 aromatic heterocycles. The average Bonchev–Trinajstić information content (AvgIpc) is 2.03. The Bertz CT molecular complexity index is 243. The smallest absolute Gasteiger partial charge is 0.304 e. The van der Waals surface area contributed by atoms with Crippen LogP contribution in [-0.2, 0) is 19.1 Å². The van der Waals surface area contributed by atoms with E-state index in [0.29, 0.717) is 0 Å². The van der Waals surface area contributed by atoms with Gasteiger partial charge in [0.25, 0.3) is 0 Å². The van der Waals surface area contributed by atoms with Crippen molar-refractivity contribution in [3.63, 3.8) is 0 Å². The first-order valence-corrected chi connectivity index (χ1v) is 3.96. The van der Waals surface area contributed by atoms with Gasteiger partial charge in [-0.15, -0.1) is 0 Å². The Morgan fingerprint density at radius 1 is 1.40 bits per heavy atom. The molecule has 92 valence electrons. The topological polar surface area (TPSA) is 84.5 Å². The van der Waals surface area contributed by atoms with Crippen LogP contribution in [-0.4, -0.2) is 30.6 Å². The second-order valence-electron chi connectivity index (χ2n) is 3.14. The number of hydrogen-bond acceptors (Lipinski definition) is 4. The number of hydrogen-bond donors (Lipinski definition) is 2. The minimum atomic E-state index is -1.07. The summed E-state index contributed by atoms with van der Waals surface area (Å²) in [6, 6.07) is 0. The van der Waals surface area contributed by atoms with Gasteiger partial charge in [0.05, 0.1) is 5.54 Å². The van der Waals surface area contributed by atoms with Crippen LogP contribution in [0.1, 0.15) is 20.8 Å². The largest absolute Gasteiger partial charge is 0.520 e. The molecule has 0 aliphatic rings. The van der Waals surface area contributed by atoms with Gasteiger partial charge in [0, 0.05) is 6.92 Å². The van der Waals surface area contributed by atoms with E-state index in [1.165, 1.54) is 27.2 Å². The molecular formula is C8H13FmN2O4-.